The van der Waals surface area contributed by atoms with Crippen LogP contribution in [0.4, 0.5) is 0 Å². The number of hydrogen-bond acceptors (Lipinski definition) is 2. The topological polar surface area (TPSA) is 36.7 Å². The summed E-state index contributed by atoms with van der Waals surface area (Å²) < 4.78 is 0.929. The average Bonchev–Trinajstić information content (AvgIpc) is 2.43. The fourth-order valence-electron chi connectivity index (χ4n) is 1.72. The highest BCUT2D eigenvalue weighted by atomic mass is 79.9. The van der Waals surface area contributed by atoms with Gasteiger partial charge in [0, 0.05) is 16.9 Å². The van der Waals surface area contributed by atoms with Crippen LogP contribution in [0.1, 0.15) is 16.7 Å². The van der Waals surface area contributed by atoms with Crippen LogP contribution in [0.5, 0.6) is 0 Å². The highest BCUT2D eigenvalue weighted by molar-refractivity contribution is 9.10. The fourth-order valence-corrected chi connectivity index (χ4v) is 2.44. The molecular formula is C15H10BrClN2. The van der Waals surface area contributed by atoms with Gasteiger partial charge in [-0.2, -0.15) is 5.26 Å². The van der Waals surface area contributed by atoms with E-state index in [2.05, 4.69) is 27.0 Å². The van der Waals surface area contributed by atoms with Crippen LogP contribution in [0, 0.1) is 18.3 Å². The molecule has 0 fully saturated rings. The number of hydrogen-bond donors (Lipinski definition) is 0. The molecule has 0 radical (unpaired) electrons. The smallest absolute Gasteiger partial charge is 0.101 e. The van der Waals surface area contributed by atoms with Crippen molar-refractivity contribution in [1.82, 2.24) is 4.98 Å². The van der Waals surface area contributed by atoms with Crippen LogP contribution in [0.3, 0.4) is 0 Å². The average molecular weight is 334 g/mol. The molecule has 0 N–H and O–H groups in total. The van der Waals surface area contributed by atoms with Gasteiger partial charge in [0.05, 0.1) is 10.6 Å². The molecule has 0 amide bonds. The number of benzene rings is 1. The van der Waals surface area contributed by atoms with Crippen LogP contribution in [-0.4, -0.2) is 4.98 Å². The van der Waals surface area contributed by atoms with Gasteiger partial charge >= 0.3 is 0 Å². The van der Waals surface area contributed by atoms with Gasteiger partial charge in [-0.05, 0) is 47.9 Å². The third-order valence-electron chi connectivity index (χ3n) is 2.74. The maximum Gasteiger partial charge on any atom is 0.101 e. The third-order valence-corrected chi connectivity index (χ3v) is 3.62. The van der Waals surface area contributed by atoms with Crippen LogP contribution >= 0.6 is 27.5 Å². The van der Waals surface area contributed by atoms with Gasteiger partial charge in [-0.1, -0.05) is 33.6 Å². The van der Waals surface area contributed by atoms with Crippen molar-refractivity contribution in [2.24, 2.45) is 0 Å². The Bertz CT molecular complexity index is 672. The van der Waals surface area contributed by atoms with Gasteiger partial charge in [-0.3, -0.25) is 4.98 Å². The molecule has 1 aromatic carbocycles. The van der Waals surface area contributed by atoms with E-state index in [1.54, 1.807) is 24.5 Å². The van der Waals surface area contributed by atoms with Crippen molar-refractivity contribution in [2.75, 3.05) is 0 Å². The minimum atomic E-state index is 0.449. The summed E-state index contributed by atoms with van der Waals surface area (Å²) in [7, 11) is 0. The lowest BCUT2D eigenvalue weighted by molar-refractivity contribution is 1.32. The van der Waals surface area contributed by atoms with E-state index in [1.165, 1.54) is 0 Å². The first-order valence-electron chi connectivity index (χ1n) is 5.60. The number of halogens is 2. The zero-order valence-corrected chi connectivity index (χ0v) is 12.5. The van der Waals surface area contributed by atoms with Gasteiger partial charge in [0.15, 0.2) is 0 Å². The summed E-state index contributed by atoms with van der Waals surface area (Å²) in [5.41, 5.74) is 3.09. The van der Waals surface area contributed by atoms with E-state index in [0.717, 1.165) is 21.2 Å². The predicted octanol–water partition coefficient (Wildman–Crippen LogP) is 4.78. The summed E-state index contributed by atoms with van der Waals surface area (Å²) in [6.07, 6.45) is 3.29. The first-order valence-corrected chi connectivity index (χ1v) is 6.77. The molecule has 0 atom stereocenters. The summed E-state index contributed by atoms with van der Waals surface area (Å²) in [5, 5.41) is 9.80. The number of allylic oxidation sites excluding steroid dienone is 1. The van der Waals surface area contributed by atoms with E-state index in [-0.39, 0.29) is 0 Å². The standard InChI is InChI=1S/C15H10BrClN2/c1-10-2-3-12(16)8-13(10)15(17)14(9-18)11-4-6-19-7-5-11/h2-8H,1H3/b15-14+. The molecule has 0 spiro atoms. The first kappa shape index (κ1) is 13.8. The summed E-state index contributed by atoms with van der Waals surface area (Å²) in [6, 6.07) is 11.5. The second-order valence-electron chi connectivity index (χ2n) is 4.00. The van der Waals surface area contributed by atoms with E-state index < -0.39 is 0 Å². The minimum absolute atomic E-state index is 0.449. The van der Waals surface area contributed by atoms with E-state index >= 15 is 0 Å². The summed E-state index contributed by atoms with van der Waals surface area (Å²) in [4.78, 5) is 3.94. The SMILES string of the molecule is Cc1ccc(Br)cc1/C(Cl)=C(/C#N)c1ccncc1. The highest BCUT2D eigenvalue weighted by Crippen LogP contribution is 2.32. The van der Waals surface area contributed by atoms with E-state index in [1.807, 2.05) is 25.1 Å². The van der Waals surface area contributed by atoms with Crippen molar-refractivity contribution in [3.63, 3.8) is 0 Å². The van der Waals surface area contributed by atoms with Crippen LogP contribution in [-0.2, 0) is 0 Å². The van der Waals surface area contributed by atoms with Crippen LogP contribution in [0.2, 0.25) is 0 Å². The Labute approximate surface area is 125 Å². The molecule has 1 aromatic heterocycles. The monoisotopic (exact) mass is 332 g/mol. The molecule has 0 bridgehead atoms. The number of pyridine rings is 1. The van der Waals surface area contributed by atoms with Gasteiger partial charge in [0.1, 0.15) is 6.07 Å². The Hall–Kier alpha value is -1.63. The summed E-state index contributed by atoms with van der Waals surface area (Å²) >= 11 is 9.82. The molecule has 0 aliphatic carbocycles. The second kappa shape index (κ2) is 6.01. The Balaban J connectivity index is 2.62. The molecule has 1 heterocycles. The molecule has 0 unspecified atom stereocenters. The van der Waals surface area contributed by atoms with Crippen molar-refractivity contribution in [3.8, 4) is 6.07 Å². The van der Waals surface area contributed by atoms with Gasteiger partial charge in [-0.15, -0.1) is 0 Å². The lowest BCUT2D eigenvalue weighted by Crippen LogP contribution is -1.90. The first-order chi connectivity index (χ1) is 9.13. The largest absolute Gasteiger partial charge is 0.265 e. The van der Waals surface area contributed by atoms with E-state index in [4.69, 9.17) is 11.6 Å². The molecule has 0 aliphatic rings. The molecule has 0 saturated heterocycles. The Kier molecular flexibility index (Phi) is 4.36. The highest BCUT2D eigenvalue weighted by Gasteiger charge is 2.11. The van der Waals surface area contributed by atoms with Crippen molar-refractivity contribution in [2.45, 2.75) is 6.92 Å². The van der Waals surface area contributed by atoms with Crippen molar-refractivity contribution >= 4 is 38.1 Å². The van der Waals surface area contributed by atoms with Gasteiger partial charge in [0.25, 0.3) is 0 Å². The maximum atomic E-state index is 9.35. The normalized spacial score (nSPS) is 11.7. The molecule has 0 aliphatic heterocycles. The second-order valence-corrected chi connectivity index (χ2v) is 5.29. The zero-order valence-electron chi connectivity index (χ0n) is 10.2. The van der Waals surface area contributed by atoms with Crippen molar-refractivity contribution in [1.29, 1.82) is 5.26 Å². The summed E-state index contributed by atoms with van der Waals surface area (Å²) in [6.45, 7) is 1.96. The minimum Gasteiger partial charge on any atom is -0.265 e. The van der Waals surface area contributed by atoms with Gasteiger partial charge in [0.2, 0.25) is 0 Å². The lowest BCUT2D eigenvalue weighted by atomic mass is 10.0. The van der Waals surface area contributed by atoms with E-state index in [9.17, 15) is 5.26 Å². The summed E-state index contributed by atoms with van der Waals surface area (Å²) in [5.74, 6) is 0. The molecule has 2 aromatic rings. The molecule has 2 nitrogen and oxygen atoms in total. The Morgan fingerprint density at radius 1 is 1.26 bits per heavy atom. The zero-order chi connectivity index (χ0) is 13.8. The fraction of sp³-hybridized carbons (Fsp3) is 0.0667. The van der Waals surface area contributed by atoms with Crippen molar-refractivity contribution < 1.29 is 0 Å². The van der Waals surface area contributed by atoms with Crippen LogP contribution in [0.15, 0.2) is 47.2 Å². The van der Waals surface area contributed by atoms with Gasteiger partial charge in [-0.25, -0.2) is 0 Å². The Morgan fingerprint density at radius 3 is 2.58 bits per heavy atom. The quantitative estimate of drug-likeness (QED) is 0.741. The number of aryl methyl sites for hydroxylation is 1. The third kappa shape index (κ3) is 3.04. The maximum absolute atomic E-state index is 9.35. The lowest BCUT2D eigenvalue weighted by Gasteiger charge is -2.08. The number of nitrogens with zero attached hydrogens (tertiary/aromatic N) is 2. The number of nitriles is 1. The molecule has 0 saturated carbocycles. The Morgan fingerprint density at radius 2 is 1.95 bits per heavy atom. The van der Waals surface area contributed by atoms with Crippen LogP contribution in [0.25, 0.3) is 10.6 Å². The molecule has 2 rings (SSSR count). The van der Waals surface area contributed by atoms with Crippen molar-refractivity contribution in [3.05, 3.63) is 63.9 Å². The molecule has 94 valence electrons. The van der Waals surface area contributed by atoms with Crippen LogP contribution < -0.4 is 0 Å². The molecular weight excluding hydrogens is 324 g/mol. The number of rotatable bonds is 2. The van der Waals surface area contributed by atoms with E-state index in [0.29, 0.717) is 10.6 Å². The molecule has 4 heteroatoms. The van der Waals surface area contributed by atoms with Gasteiger partial charge < -0.3 is 0 Å². The number of aromatic nitrogens is 1. The molecule has 19 heavy (non-hydrogen) atoms. The predicted molar refractivity (Wildman–Crippen MR) is 81.4 cm³/mol.